The van der Waals surface area contributed by atoms with Gasteiger partial charge in [-0.1, -0.05) is 30.4 Å². The fraction of sp³-hybridized carbons (Fsp3) is 0.333. The summed E-state index contributed by atoms with van der Waals surface area (Å²) >= 11 is 0. The maximum Gasteiger partial charge on any atom is 0.0406 e. The van der Waals surface area contributed by atoms with Crippen molar-refractivity contribution in [2.75, 3.05) is 6.54 Å². The van der Waals surface area contributed by atoms with Gasteiger partial charge < -0.3 is 4.90 Å². The number of hydrogen-bond acceptors (Lipinski definition) is 1. The highest BCUT2D eigenvalue weighted by atomic mass is 15.1. The molecule has 1 aliphatic carbocycles. The van der Waals surface area contributed by atoms with Crippen LogP contribution in [0.3, 0.4) is 0 Å². The van der Waals surface area contributed by atoms with E-state index in [9.17, 15) is 0 Å². The van der Waals surface area contributed by atoms with Crippen molar-refractivity contribution >= 4 is 0 Å². The number of nitrogens with zero attached hydrogens (tertiary/aromatic N) is 1. The zero-order valence-electron chi connectivity index (χ0n) is 7.61. The molecule has 0 N–H and O–H groups in total. The van der Waals surface area contributed by atoms with Crippen LogP contribution in [0.1, 0.15) is 12.8 Å². The summed E-state index contributed by atoms with van der Waals surface area (Å²) in [6.07, 6.45) is 16.0. The lowest BCUT2D eigenvalue weighted by Crippen LogP contribution is -2.29. The standard InChI is InChI=1S/C12H13N/c1-4-10-6-2-8-13-9-3-7-11(5-1)12(10)13/h1-4,6,9,11H,5,7-8H2. The average molecular weight is 171 g/mol. The highest BCUT2D eigenvalue weighted by Crippen LogP contribution is 2.36. The van der Waals surface area contributed by atoms with Crippen molar-refractivity contribution in [3.05, 3.63) is 47.9 Å². The summed E-state index contributed by atoms with van der Waals surface area (Å²) in [5.74, 6) is 0.745. The van der Waals surface area contributed by atoms with Crippen LogP contribution in [0.5, 0.6) is 0 Å². The number of hydrogen-bond donors (Lipinski definition) is 0. The third-order valence-corrected chi connectivity index (χ3v) is 3.02. The van der Waals surface area contributed by atoms with Crippen molar-refractivity contribution in [2.45, 2.75) is 12.8 Å². The van der Waals surface area contributed by atoms with Gasteiger partial charge in [-0.3, -0.25) is 0 Å². The van der Waals surface area contributed by atoms with E-state index >= 15 is 0 Å². The van der Waals surface area contributed by atoms with Crippen molar-refractivity contribution < 1.29 is 0 Å². The van der Waals surface area contributed by atoms with Gasteiger partial charge in [-0.25, -0.2) is 0 Å². The third-order valence-electron chi connectivity index (χ3n) is 3.02. The predicted molar refractivity (Wildman–Crippen MR) is 53.9 cm³/mol. The highest BCUT2D eigenvalue weighted by Gasteiger charge is 2.26. The smallest absolute Gasteiger partial charge is 0.0406 e. The molecule has 0 spiro atoms. The summed E-state index contributed by atoms with van der Waals surface area (Å²) in [6, 6.07) is 0. The summed E-state index contributed by atoms with van der Waals surface area (Å²) in [5, 5.41) is 0. The first-order valence-electron chi connectivity index (χ1n) is 4.96. The van der Waals surface area contributed by atoms with Crippen molar-refractivity contribution in [3.63, 3.8) is 0 Å². The maximum atomic E-state index is 2.38. The van der Waals surface area contributed by atoms with Gasteiger partial charge in [-0.05, 0) is 18.4 Å². The monoisotopic (exact) mass is 171 g/mol. The Morgan fingerprint density at radius 3 is 2.92 bits per heavy atom. The van der Waals surface area contributed by atoms with Crippen molar-refractivity contribution in [1.82, 2.24) is 4.90 Å². The van der Waals surface area contributed by atoms with Crippen molar-refractivity contribution in [2.24, 2.45) is 5.92 Å². The molecule has 0 aromatic carbocycles. The molecule has 2 aliphatic heterocycles. The second-order valence-corrected chi connectivity index (χ2v) is 3.85. The van der Waals surface area contributed by atoms with Crippen LogP contribution >= 0.6 is 0 Å². The third kappa shape index (κ3) is 0.998. The molecule has 0 aromatic heterocycles. The lowest BCUT2D eigenvalue weighted by Gasteiger charge is -2.37. The Morgan fingerprint density at radius 1 is 1.08 bits per heavy atom. The molecule has 2 heterocycles. The molecule has 3 aliphatic rings. The van der Waals surface area contributed by atoms with E-state index in [-0.39, 0.29) is 0 Å². The zero-order valence-corrected chi connectivity index (χ0v) is 7.61. The van der Waals surface area contributed by atoms with Crippen LogP contribution in [0.4, 0.5) is 0 Å². The van der Waals surface area contributed by atoms with Gasteiger partial charge in [0.2, 0.25) is 0 Å². The van der Waals surface area contributed by atoms with Gasteiger partial charge in [0.15, 0.2) is 0 Å². The van der Waals surface area contributed by atoms with Gasteiger partial charge in [0.05, 0.1) is 0 Å². The first-order valence-corrected chi connectivity index (χ1v) is 4.96. The molecular weight excluding hydrogens is 158 g/mol. The summed E-state index contributed by atoms with van der Waals surface area (Å²) in [6.45, 7) is 1.06. The van der Waals surface area contributed by atoms with Gasteiger partial charge in [0.25, 0.3) is 0 Å². The molecule has 0 saturated carbocycles. The minimum absolute atomic E-state index is 0.745. The van der Waals surface area contributed by atoms with E-state index in [1.165, 1.54) is 18.4 Å². The molecule has 0 radical (unpaired) electrons. The van der Waals surface area contributed by atoms with E-state index in [1.54, 1.807) is 5.70 Å². The highest BCUT2D eigenvalue weighted by molar-refractivity contribution is 5.43. The van der Waals surface area contributed by atoms with Crippen LogP contribution in [-0.4, -0.2) is 11.4 Å². The normalized spacial score (nSPS) is 29.5. The fourth-order valence-electron chi connectivity index (χ4n) is 2.43. The number of rotatable bonds is 0. The molecule has 1 heteroatoms. The molecule has 0 amide bonds. The second-order valence-electron chi connectivity index (χ2n) is 3.85. The lowest BCUT2D eigenvalue weighted by molar-refractivity contribution is 0.387. The molecule has 0 saturated heterocycles. The van der Waals surface area contributed by atoms with Gasteiger partial charge in [-0.2, -0.15) is 0 Å². The summed E-state index contributed by atoms with van der Waals surface area (Å²) in [5.41, 5.74) is 2.97. The Bertz CT molecular complexity index is 340. The van der Waals surface area contributed by atoms with E-state index in [2.05, 4.69) is 41.5 Å². The van der Waals surface area contributed by atoms with Crippen molar-refractivity contribution in [3.8, 4) is 0 Å². The molecule has 3 rings (SSSR count). The quantitative estimate of drug-likeness (QED) is 0.541. The molecule has 1 unspecified atom stereocenters. The van der Waals surface area contributed by atoms with Crippen LogP contribution in [-0.2, 0) is 0 Å². The molecule has 0 bridgehead atoms. The minimum Gasteiger partial charge on any atom is -0.347 e. The van der Waals surface area contributed by atoms with Crippen LogP contribution in [0.15, 0.2) is 47.9 Å². The van der Waals surface area contributed by atoms with Gasteiger partial charge >= 0.3 is 0 Å². The molecule has 66 valence electrons. The van der Waals surface area contributed by atoms with Crippen LogP contribution in [0.2, 0.25) is 0 Å². The average Bonchev–Trinajstić information content (AvgIpc) is 2.19. The first-order chi connectivity index (χ1) is 6.45. The Kier molecular flexibility index (Phi) is 1.45. The SMILES string of the molecule is C1=CC2=C3C(C1)CC=CN3CC=C2. The van der Waals surface area contributed by atoms with E-state index in [0.29, 0.717) is 0 Å². The van der Waals surface area contributed by atoms with Gasteiger partial charge in [0.1, 0.15) is 0 Å². The molecule has 1 nitrogen and oxygen atoms in total. The largest absolute Gasteiger partial charge is 0.347 e. The van der Waals surface area contributed by atoms with E-state index < -0.39 is 0 Å². The Morgan fingerprint density at radius 2 is 1.92 bits per heavy atom. The molecule has 0 fully saturated rings. The Labute approximate surface area is 78.7 Å². The number of allylic oxidation sites excluding steroid dienone is 6. The topological polar surface area (TPSA) is 3.24 Å². The summed E-state index contributed by atoms with van der Waals surface area (Å²) in [4.78, 5) is 2.38. The zero-order chi connectivity index (χ0) is 8.67. The minimum atomic E-state index is 0.745. The van der Waals surface area contributed by atoms with Gasteiger partial charge in [-0.15, -0.1) is 0 Å². The van der Waals surface area contributed by atoms with Crippen LogP contribution < -0.4 is 0 Å². The Balaban J connectivity index is 2.13. The maximum absolute atomic E-state index is 2.38. The van der Waals surface area contributed by atoms with Crippen LogP contribution in [0, 0.1) is 5.92 Å². The second kappa shape index (κ2) is 2.63. The van der Waals surface area contributed by atoms with E-state index in [0.717, 1.165) is 12.5 Å². The lowest BCUT2D eigenvalue weighted by atomic mass is 9.85. The Hall–Kier alpha value is -1.24. The van der Waals surface area contributed by atoms with Crippen molar-refractivity contribution in [1.29, 1.82) is 0 Å². The van der Waals surface area contributed by atoms with Gasteiger partial charge in [0, 0.05) is 24.4 Å². The van der Waals surface area contributed by atoms with Crippen LogP contribution in [0.25, 0.3) is 0 Å². The van der Waals surface area contributed by atoms with E-state index in [4.69, 9.17) is 0 Å². The summed E-state index contributed by atoms with van der Waals surface area (Å²) < 4.78 is 0. The summed E-state index contributed by atoms with van der Waals surface area (Å²) in [7, 11) is 0. The molecule has 1 atom stereocenters. The fourth-order valence-corrected chi connectivity index (χ4v) is 2.43. The predicted octanol–water partition coefficient (Wildman–Crippen LogP) is 2.61. The molecular formula is C12H13N. The first kappa shape index (κ1) is 7.19. The molecule has 13 heavy (non-hydrogen) atoms. The van der Waals surface area contributed by atoms with E-state index in [1.807, 2.05) is 0 Å². The molecule has 0 aromatic rings.